The number of nitrogens with zero attached hydrogens (tertiary/aromatic N) is 2. The highest BCUT2D eigenvalue weighted by Gasteiger charge is 2.22. The van der Waals surface area contributed by atoms with E-state index in [9.17, 15) is 13.6 Å². The van der Waals surface area contributed by atoms with Crippen LogP contribution in [0.15, 0.2) is 75.5 Å². The monoisotopic (exact) mass is 493 g/mol. The second kappa shape index (κ2) is 9.36. The molecule has 170 valence electrons. The van der Waals surface area contributed by atoms with E-state index < -0.39 is 17.5 Å². The molecule has 1 amide bonds. The summed E-state index contributed by atoms with van der Waals surface area (Å²) in [7, 11) is 0. The molecule has 5 nitrogen and oxygen atoms in total. The minimum Gasteiger partial charge on any atom is -0.451 e. The Labute approximate surface area is 201 Å². The topological polar surface area (TPSA) is 68.0 Å². The number of benzene rings is 3. The van der Waals surface area contributed by atoms with Crippen molar-refractivity contribution in [3.05, 3.63) is 94.7 Å². The number of anilines is 1. The van der Waals surface area contributed by atoms with E-state index in [-0.39, 0.29) is 5.76 Å². The van der Waals surface area contributed by atoms with E-state index in [2.05, 4.69) is 15.5 Å². The van der Waals surface area contributed by atoms with Crippen molar-refractivity contribution >= 4 is 45.7 Å². The summed E-state index contributed by atoms with van der Waals surface area (Å²) in [4.78, 5) is 13.3. The number of nitrogens with one attached hydrogen (secondary N) is 1. The lowest BCUT2D eigenvalue weighted by atomic mass is 10.0. The fraction of sp³-hybridized carbons (Fsp3) is 0.0800. The first kappa shape index (κ1) is 22.2. The Hall–Kier alpha value is -3.56. The summed E-state index contributed by atoms with van der Waals surface area (Å²) in [6.07, 6.45) is 0. The highest BCUT2D eigenvalue weighted by atomic mass is 32.2. The fourth-order valence-electron chi connectivity index (χ4n) is 3.57. The molecule has 0 bridgehead atoms. The number of fused-ring (bicyclic) bond motifs is 1. The molecular formula is C25H17F2N3O2S2. The Morgan fingerprint density at radius 2 is 1.79 bits per heavy atom. The number of aryl methyl sites for hydroxylation is 1. The molecule has 2 heterocycles. The van der Waals surface area contributed by atoms with E-state index in [4.69, 9.17) is 4.42 Å². The number of amides is 1. The smallest absolute Gasteiger partial charge is 0.291 e. The SMILES string of the molecule is Cc1nnc(SCc2c(C(=O)Nc3ccc(F)cc3-c3ccc(F)cc3)oc3ccccc23)s1. The van der Waals surface area contributed by atoms with Crippen LogP contribution in [-0.4, -0.2) is 16.1 Å². The molecule has 5 rings (SSSR count). The first-order valence-corrected chi connectivity index (χ1v) is 12.1. The molecular weight excluding hydrogens is 476 g/mol. The Kier molecular flexibility index (Phi) is 6.12. The van der Waals surface area contributed by atoms with Crippen molar-refractivity contribution in [2.75, 3.05) is 5.32 Å². The summed E-state index contributed by atoms with van der Waals surface area (Å²) in [5.74, 6) is -0.700. The van der Waals surface area contributed by atoms with E-state index in [1.165, 1.54) is 65.6 Å². The third-order valence-electron chi connectivity index (χ3n) is 5.14. The first-order chi connectivity index (χ1) is 16.5. The van der Waals surface area contributed by atoms with Crippen LogP contribution >= 0.6 is 23.1 Å². The molecule has 0 spiro atoms. The van der Waals surface area contributed by atoms with Crippen LogP contribution in [0.5, 0.6) is 0 Å². The maximum Gasteiger partial charge on any atom is 0.291 e. The third-order valence-corrected chi connectivity index (χ3v) is 7.14. The van der Waals surface area contributed by atoms with Gasteiger partial charge >= 0.3 is 0 Å². The Morgan fingerprint density at radius 1 is 1.03 bits per heavy atom. The maximum absolute atomic E-state index is 14.0. The van der Waals surface area contributed by atoms with Gasteiger partial charge in [-0.15, -0.1) is 10.2 Å². The molecule has 0 fully saturated rings. The highest BCUT2D eigenvalue weighted by Crippen LogP contribution is 2.35. The van der Waals surface area contributed by atoms with Crippen LogP contribution in [0.2, 0.25) is 0 Å². The van der Waals surface area contributed by atoms with Crippen molar-refractivity contribution in [3.8, 4) is 11.1 Å². The Bertz CT molecular complexity index is 1500. The minimum absolute atomic E-state index is 0.171. The molecule has 5 aromatic rings. The molecule has 9 heteroatoms. The fourth-order valence-corrected chi connectivity index (χ4v) is 5.41. The van der Waals surface area contributed by atoms with Gasteiger partial charge in [-0.05, 0) is 48.9 Å². The van der Waals surface area contributed by atoms with Gasteiger partial charge in [0.1, 0.15) is 22.2 Å². The normalized spacial score (nSPS) is 11.1. The summed E-state index contributed by atoms with van der Waals surface area (Å²) in [6.45, 7) is 1.88. The maximum atomic E-state index is 14.0. The molecule has 0 saturated heterocycles. The van der Waals surface area contributed by atoms with Crippen LogP contribution in [0.1, 0.15) is 21.1 Å². The third kappa shape index (κ3) is 4.57. The summed E-state index contributed by atoms with van der Waals surface area (Å²) < 4.78 is 34.1. The summed E-state index contributed by atoms with van der Waals surface area (Å²) in [6, 6.07) is 17.1. The van der Waals surface area contributed by atoms with Gasteiger partial charge in [-0.25, -0.2) is 8.78 Å². The van der Waals surface area contributed by atoms with Crippen molar-refractivity contribution in [2.24, 2.45) is 0 Å². The number of para-hydroxylation sites is 1. The minimum atomic E-state index is -0.467. The number of hydrogen-bond acceptors (Lipinski definition) is 6. The van der Waals surface area contributed by atoms with E-state index in [0.29, 0.717) is 28.2 Å². The van der Waals surface area contributed by atoms with Gasteiger partial charge in [-0.3, -0.25) is 4.79 Å². The largest absolute Gasteiger partial charge is 0.451 e. The first-order valence-electron chi connectivity index (χ1n) is 10.3. The number of thioether (sulfide) groups is 1. The molecule has 34 heavy (non-hydrogen) atoms. The highest BCUT2D eigenvalue weighted by molar-refractivity contribution is 8.00. The quantitative estimate of drug-likeness (QED) is 0.256. The van der Waals surface area contributed by atoms with Crippen LogP contribution in [0.4, 0.5) is 14.5 Å². The zero-order valence-corrected chi connectivity index (χ0v) is 19.5. The van der Waals surface area contributed by atoms with E-state index in [0.717, 1.165) is 20.3 Å². The number of furan rings is 1. The average molecular weight is 494 g/mol. The second-order valence-electron chi connectivity index (χ2n) is 7.43. The standard InChI is InChI=1S/C25H17F2N3O2S2/c1-14-29-30-25(34-14)33-13-20-18-4-2-3-5-22(18)32-23(20)24(31)28-21-11-10-17(27)12-19(21)15-6-8-16(26)9-7-15/h2-12H,13H2,1H3,(H,28,31). The van der Waals surface area contributed by atoms with Gasteiger partial charge < -0.3 is 9.73 Å². The number of carbonyl (C=O) groups excluding carboxylic acids is 1. The molecule has 0 aliphatic carbocycles. The van der Waals surface area contributed by atoms with Crippen LogP contribution < -0.4 is 5.32 Å². The molecule has 0 aliphatic heterocycles. The molecule has 0 unspecified atom stereocenters. The van der Waals surface area contributed by atoms with Gasteiger partial charge in [0.2, 0.25) is 0 Å². The van der Waals surface area contributed by atoms with E-state index in [1.807, 2.05) is 25.1 Å². The van der Waals surface area contributed by atoms with Crippen molar-refractivity contribution in [3.63, 3.8) is 0 Å². The molecule has 2 aromatic heterocycles. The van der Waals surface area contributed by atoms with E-state index in [1.54, 1.807) is 6.07 Å². The van der Waals surface area contributed by atoms with E-state index >= 15 is 0 Å². The van der Waals surface area contributed by atoms with Crippen molar-refractivity contribution in [1.29, 1.82) is 0 Å². The summed E-state index contributed by atoms with van der Waals surface area (Å²) in [5, 5.41) is 12.7. The molecule has 3 aromatic carbocycles. The van der Waals surface area contributed by atoms with Gasteiger partial charge in [0.15, 0.2) is 10.1 Å². The predicted molar refractivity (Wildman–Crippen MR) is 130 cm³/mol. The number of carbonyl (C=O) groups is 1. The predicted octanol–water partition coefficient (Wildman–Crippen LogP) is 7.08. The molecule has 0 atom stereocenters. The lowest BCUT2D eigenvalue weighted by Gasteiger charge is -2.12. The molecule has 1 N–H and O–H groups in total. The zero-order valence-electron chi connectivity index (χ0n) is 17.8. The van der Waals surface area contributed by atoms with Crippen molar-refractivity contribution in [2.45, 2.75) is 17.0 Å². The van der Waals surface area contributed by atoms with Gasteiger partial charge in [0.25, 0.3) is 5.91 Å². The average Bonchev–Trinajstić information content (AvgIpc) is 3.42. The number of hydrogen-bond donors (Lipinski definition) is 1. The van der Waals surface area contributed by atoms with Gasteiger partial charge in [0, 0.05) is 28.0 Å². The lowest BCUT2D eigenvalue weighted by Crippen LogP contribution is -2.13. The zero-order chi connectivity index (χ0) is 23.7. The molecule has 0 saturated carbocycles. The van der Waals surface area contributed by atoms with Crippen molar-refractivity contribution < 1.29 is 18.0 Å². The van der Waals surface area contributed by atoms with Gasteiger partial charge in [-0.2, -0.15) is 0 Å². The summed E-state index contributed by atoms with van der Waals surface area (Å²) in [5.41, 5.74) is 2.72. The van der Waals surface area contributed by atoms with Crippen LogP contribution in [0, 0.1) is 18.6 Å². The van der Waals surface area contributed by atoms with Crippen LogP contribution in [0.3, 0.4) is 0 Å². The lowest BCUT2D eigenvalue weighted by molar-refractivity contribution is 0.0998. The Morgan fingerprint density at radius 3 is 2.56 bits per heavy atom. The second-order valence-corrected chi connectivity index (χ2v) is 9.84. The number of aromatic nitrogens is 2. The van der Waals surface area contributed by atoms with Crippen molar-refractivity contribution in [1.82, 2.24) is 10.2 Å². The van der Waals surface area contributed by atoms with Gasteiger partial charge in [0.05, 0.1) is 0 Å². The Balaban J connectivity index is 1.49. The number of halogens is 2. The van der Waals surface area contributed by atoms with Crippen LogP contribution in [-0.2, 0) is 5.75 Å². The molecule has 0 aliphatic rings. The van der Waals surface area contributed by atoms with Gasteiger partial charge in [-0.1, -0.05) is 53.4 Å². The number of rotatable bonds is 6. The summed E-state index contributed by atoms with van der Waals surface area (Å²) >= 11 is 2.96. The van der Waals surface area contributed by atoms with Crippen LogP contribution in [0.25, 0.3) is 22.1 Å². The molecule has 0 radical (unpaired) electrons.